The zero-order valence-electron chi connectivity index (χ0n) is 16.3. The van der Waals surface area contributed by atoms with Gasteiger partial charge in [-0.2, -0.15) is 5.10 Å². The highest BCUT2D eigenvalue weighted by molar-refractivity contribution is 5.94. The number of carbonyl (C=O) groups is 2. The maximum absolute atomic E-state index is 12.6. The summed E-state index contributed by atoms with van der Waals surface area (Å²) in [5, 5.41) is 10.2. The molecule has 148 valence electrons. The number of benzene rings is 2. The monoisotopic (exact) mass is 388 g/mol. The Labute approximate surface area is 169 Å². The Morgan fingerprint density at radius 1 is 1.10 bits per heavy atom. The molecule has 0 spiro atoms. The van der Waals surface area contributed by atoms with Crippen molar-refractivity contribution >= 4 is 17.5 Å². The molecule has 3 aromatic rings. The Balaban J connectivity index is 1.33. The number of carbonyl (C=O) groups excluding carboxylic acids is 2. The van der Waals surface area contributed by atoms with E-state index >= 15 is 0 Å². The Morgan fingerprint density at radius 2 is 1.83 bits per heavy atom. The van der Waals surface area contributed by atoms with Crippen molar-refractivity contribution in [1.82, 2.24) is 15.1 Å². The van der Waals surface area contributed by atoms with Gasteiger partial charge in [-0.05, 0) is 43.0 Å². The maximum atomic E-state index is 12.6. The van der Waals surface area contributed by atoms with Crippen molar-refractivity contribution in [3.05, 3.63) is 83.7 Å². The second kappa shape index (κ2) is 8.31. The minimum Gasteiger partial charge on any atom is -0.345 e. The van der Waals surface area contributed by atoms with E-state index in [-0.39, 0.29) is 23.8 Å². The van der Waals surface area contributed by atoms with E-state index in [4.69, 9.17) is 0 Å². The van der Waals surface area contributed by atoms with Crippen molar-refractivity contribution in [3.8, 4) is 0 Å². The lowest BCUT2D eigenvalue weighted by Gasteiger charge is -2.14. The molecule has 1 aliphatic carbocycles. The van der Waals surface area contributed by atoms with Crippen LogP contribution in [0, 0.1) is 5.92 Å². The highest BCUT2D eigenvalue weighted by atomic mass is 16.2. The average Bonchev–Trinajstić information content (AvgIpc) is 3.48. The summed E-state index contributed by atoms with van der Waals surface area (Å²) in [7, 11) is 0. The van der Waals surface area contributed by atoms with Gasteiger partial charge >= 0.3 is 0 Å². The fourth-order valence-electron chi connectivity index (χ4n) is 3.15. The molecule has 29 heavy (non-hydrogen) atoms. The Morgan fingerprint density at radius 3 is 2.52 bits per heavy atom. The summed E-state index contributed by atoms with van der Waals surface area (Å²) in [4.78, 5) is 24.4. The third-order valence-electron chi connectivity index (χ3n) is 5.06. The van der Waals surface area contributed by atoms with Crippen molar-refractivity contribution in [1.29, 1.82) is 0 Å². The zero-order chi connectivity index (χ0) is 20.2. The minimum absolute atomic E-state index is 0.0895. The first kappa shape index (κ1) is 18.9. The van der Waals surface area contributed by atoms with Crippen molar-refractivity contribution in [3.63, 3.8) is 0 Å². The summed E-state index contributed by atoms with van der Waals surface area (Å²) < 4.78 is 1.76. The number of rotatable bonds is 7. The fraction of sp³-hybridized carbons (Fsp3) is 0.261. The molecule has 1 heterocycles. The number of amides is 2. The summed E-state index contributed by atoms with van der Waals surface area (Å²) in [5.74, 6) is 0.102. The van der Waals surface area contributed by atoms with Gasteiger partial charge in [0.1, 0.15) is 0 Å². The van der Waals surface area contributed by atoms with Crippen molar-refractivity contribution in [2.45, 2.75) is 32.4 Å². The van der Waals surface area contributed by atoms with Crippen LogP contribution in [0.2, 0.25) is 0 Å². The van der Waals surface area contributed by atoms with Gasteiger partial charge in [0, 0.05) is 17.8 Å². The first-order valence-corrected chi connectivity index (χ1v) is 9.86. The van der Waals surface area contributed by atoms with Gasteiger partial charge in [-0.25, -0.2) is 0 Å². The maximum Gasteiger partial charge on any atom is 0.254 e. The van der Waals surface area contributed by atoms with Crippen LogP contribution in [-0.4, -0.2) is 21.6 Å². The molecule has 0 radical (unpaired) electrons. The molecule has 4 rings (SSSR count). The minimum atomic E-state index is -0.164. The summed E-state index contributed by atoms with van der Waals surface area (Å²) in [6, 6.07) is 17.4. The SMILES string of the molecule is CC(NC(=O)c1cnn(Cc2ccccc2)c1)c1ccc(NC(=O)C2CC2)cc1. The fourth-order valence-corrected chi connectivity index (χ4v) is 3.15. The molecule has 2 aromatic carbocycles. The Bertz CT molecular complexity index is 991. The molecule has 2 N–H and O–H groups in total. The largest absolute Gasteiger partial charge is 0.345 e. The second-order valence-electron chi connectivity index (χ2n) is 7.49. The van der Waals surface area contributed by atoms with E-state index in [1.54, 1.807) is 17.1 Å². The topological polar surface area (TPSA) is 76.0 Å². The second-order valence-corrected chi connectivity index (χ2v) is 7.49. The molecule has 1 aliphatic rings. The van der Waals surface area contributed by atoms with Gasteiger partial charge in [0.2, 0.25) is 5.91 Å². The molecular formula is C23H24N4O2. The number of aromatic nitrogens is 2. The molecule has 6 heteroatoms. The lowest BCUT2D eigenvalue weighted by atomic mass is 10.1. The molecule has 1 unspecified atom stereocenters. The Hall–Kier alpha value is -3.41. The van der Waals surface area contributed by atoms with Gasteiger partial charge in [-0.1, -0.05) is 42.5 Å². The van der Waals surface area contributed by atoms with Crippen molar-refractivity contribution < 1.29 is 9.59 Å². The van der Waals surface area contributed by atoms with E-state index in [9.17, 15) is 9.59 Å². The van der Waals surface area contributed by atoms with Gasteiger partial charge in [0.05, 0.1) is 24.3 Å². The van der Waals surface area contributed by atoms with Crippen molar-refractivity contribution in [2.75, 3.05) is 5.32 Å². The lowest BCUT2D eigenvalue weighted by Crippen LogP contribution is -2.26. The van der Waals surface area contributed by atoms with Gasteiger partial charge in [-0.3, -0.25) is 14.3 Å². The zero-order valence-corrected chi connectivity index (χ0v) is 16.3. The molecule has 1 fully saturated rings. The van der Waals surface area contributed by atoms with Crippen LogP contribution in [0.1, 0.15) is 47.3 Å². The Kier molecular flexibility index (Phi) is 5.42. The highest BCUT2D eigenvalue weighted by Gasteiger charge is 2.29. The number of nitrogens with zero attached hydrogens (tertiary/aromatic N) is 2. The first-order chi connectivity index (χ1) is 14.1. The number of nitrogens with one attached hydrogen (secondary N) is 2. The molecule has 1 aromatic heterocycles. The van der Waals surface area contributed by atoms with E-state index in [1.807, 2.05) is 61.5 Å². The van der Waals surface area contributed by atoms with Crippen LogP contribution < -0.4 is 10.6 Å². The highest BCUT2D eigenvalue weighted by Crippen LogP contribution is 2.30. The third-order valence-corrected chi connectivity index (χ3v) is 5.06. The first-order valence-electron chi connectivity index (χ1n) is 9.86. The van der Waals surface area contributed by atoms with Gasteiger partial charge in [-0.15, -0.1) is 0 Å². The van der Waals surface area contributed by atoms with Crippen LogP contribution in [-0.2, 0) is 11.3 Å². The predicted octanol–water partition coefficient (Wildman–Crippen LogP) is 3.77. The quantitative estimate of drug-likeness (QED) is 0.647. The van der Waals surface area contributed by atoms with Crippen molar-refractivity contribution in [2.24, 2.45) is 5.92 Å². The summed E-state index contributed by atoms with van der Waals surface area (Å²) in [6.07, 6.45) is 5.30. The number of hydrogen-bond donors (Lipinski definition) is 2. The standard InChI is InChI=1S/C23H24N4O2/c1-16(18-9-11-21(12-10-18)26-22(28)19-7-8-19)25-23(29)20-13-24-27(15-20)14-17-5-3-2-4-6-17/h2-6,9-13,15-16,19H,7-8,14H2,1H3,(H,25,29)(H,26,28). The molecule has 1 saturated carbocycles. The summed E-state index contributed by atoms with van der Waals surface area (Å²) in [5.41, 5.74) is 3.41. The van der Waals surface area contributed by atoms with E-state index in [1.165, 1.54) is 0 Å². The molecule has 0 bridgehead atoms. The van der Waals surface area contributed by atoms with Crippen LogP contribution in [0.4, 0.5) is 5.69 Å². The molecule has 0 saturated heterocycles. The van der Waals surface area contributed by atoms with E-state index in [0.717, 1.165) is 29.7 Å². The molecule has 1 atom stereocenters. The van der Waals surface area contributed by atoms with Gasteiger partial charge in [0.25, 0.3) is 5.91 Å². The molecule has 6 nitrogen and oxygen atoms in total. The molecule has 0 aliphatic heterocycles. The normalized spacial score (nSPS) is 14.2. The van der Waals surface area contributed by atoms with Crippen LogP contribution in [0.15, 0.2) is 67.0 Å². The summed E-state index contributed by atoms with van der Waals surface area (Å²) >= 11 is 0. The van der Waals surface area contributed by atoms with Crippen LogP contribution in [0.5, 0.6) is 0 Å². The predicted molar refractivity (Wildman–Crippen MR) is 111 cm³/mol. The average molecular weight is 388 g/mol. The molecule has 2 amide bonds. The van der Waals surface area contributed by atoms with Gasteiger partial charge in [0.15, 0.2) is 0 Å². The van der Waals surface area contributed by atoms with Crippen LogP contribution >= 0.6 is 0 Å². The van der Waals surface area contributed by atoms with Gasteiger partial charge < -0.3 is 10.6 Å². The molecular weight excluding hydrogens is 364 g/mol. The van der Waals surface area contributed by atoms with E-state index < -0.39 is 0 Å². The lowest BCUT2D eigenvalue weighted by molar-refractivity contribution is -0.117. The number of hydrogen-bond acceptors (Lipinski definition) is 3. The third kappa shape index (κ3) is 4.90. The van der Waals surface area contributed by atoms with E-state index in [0.29, 0.717) is 12.1 Å². The van der Waals surface area contributed by atoms with Crippen LogP contribution in [0.3, 0.4) is 0 Å². The summed E-state index contributed by atoms with van der Waals surface area (Å²) in [6.45, 7) is 2.56. The smallest absolute Gasteiger partial charge is 0.254 e. The van der Waals surface area contributed by atoms with E-state index in [2.05, 4.69) is 15.7 Å². The number of anilines is 1. The van der Waals surface area contributed by atoms with Crippen LogP contribution in [0.25, 0.3) is 0 Å².